The second kappa shape index (κ2) is 10.2. The van der Waals surface area contributed by atoms with Gasteiger partial charge >= 0.3 is 5.97 Å². The number of hydrogen-bond donors (Lipinski definition) is 1. The van der Waals surface area contributed by atoms with Crippen LogP contribution in [0.2, 0.25) is 0 Å². The van der Waals surface area contributed by atoms with E-state index in [0.717, 1.165) is 27.6 Å². The number of benzene rings is 2. The summed E-state index contributed by atoms with van der Waals surface area (Å²) in [6.07, 6.45) is 0.646. The largest absolute Gasteiger partial charge is 0.480 e. The molecule has 0 spiro atoms. The number of carboxylic acid groups (broad SMARTS) is 1. The van der Waals surface area contributed by atoms with Crippen LogP contribution in [0.4, 0.5) is 0 Å². The third kappa shape index (κ3) is 5.44. The maximum atomic E-state index is 11.1. The number of aliphatic carboxylic acids is 1. The summed E-state index contributed by atoms with van der Waals surface area (Å²) in [5, 5.41) is 9.13. The Morgan fingerprint density at radius 1 is 1.28 bits per heavy atom. The third-order valence-electron chi connectivity index (χ3n) is 6.33. The molecule has 0 amide bonds. The van der Waals surface area contributed by atoms with Crippen molar-refractivity contribution >= 4 is 21.9 Å². The van der Waals surface area contributed by atoms with Crippen LogP contribution in [0.5, 0.6) is 5.75 Å². The third-order valence-corrected chi connectivity index (χ3v) is 6.92. The van der Waals surface area contributed by atoms with Gasteiger partial charge in [-0.2, -0.15) is 0 Å². The number of halogens is 1. The maximum Gasteiger partial charge on any atom is 0.341 e. The van der Waals surface area contributed by atoms with E-state index in [0.29, 0.717) is 11.7 Å². The van der Waals surface area contributed by atoms with E-state index >= 15 is 0 Å². The van der Waals surface area contributed by atoms with Crippen LogP contribution in [0, 0.1) is 12.8 Å². The lowest BCUT2D eigenvalue weighted by Crippen LogP contribution is -2.34. The molecule has 0 radical (unpaired) electrons. The predicted octanol–water partition coefficient (Wildman–Crippen LogP) is 7.17. The van der Waals surface area contributed by atoms with Crippen molar-refractivity contribution in [1.82, 2.24) is 0 Å². The molecule has 32 heavy (non-hydrogen) atoms. The topological polar surface area (TPSA) is 55.8 Å². The Hall–Kier alpha value is -2.11. The molecule has 4 atom stereocenters. The van der Waals surface area contributed by atoms with Gasteiger partial charge in [0.25, 0.3) is 0 Å². The van der Waals surface area contributed by atoms with Gasteiger partial charge in [-0.3, -0.25) is 0 Å². The van der Waals surface area contributed by atoms with E-state index in [1.807, 2.05) is 26.0 Å². The van der Waals surface area contributed by atoms with Gasteiger partial charge < -0.3 is 14.6 Å². The lowest BCUT2D eigenvalue weighted by Gasteiger charge is -2.42. The van der Waals surface area contributed by atoms with Gasteiger partial charge in [0.05, 0.1) is 16.7 Å². The average Bonchev–Trinajstić information content (AvgIpc) is 2.72. The molecule has 2 aromatic rings. The van der Waals surface area contributed by atoms with E-state index in [4.69, 9.17) is 14.6 Å². The van der Waals surface area contributed by atoms with Gasteiger partial charge in [0.15, 0.2) is 6.61 Å². The zero-order valence-electron chi connectivity index (χ0n) is 19.5. The monoisotopic (exact) mass is 500 g/mol. The van der Waals surface area contributed by atoms with Gasteiger partial charge in [0, 0.05) is 17.4 Å². The quantitative estimate of drug-likeness (QED) is 0.409. The highest BCUT2D eigenvalue weighted by molar-refractivity contribution is 9.10. The number of rotatable bonds is 7. The minimum Gasteiger partial charge on any atom is -0.480 e. The van der Waals surface area contributed by atoms with E-state index in [-0.39, 0.29) is 24.0 Å². The van der Waals surface area contributed by atoms with Crippen LogP contribution in [0.1, 0.15) is 74.3 Å². The van der Waals surface area contributed by atoms with E-state index < -0.39 is 12.6 Å². The summed E-state index contributed by atoms with van der Waals surface area (Å²) >= 11 is 3.56. The fourth-order valence-electron chi connectivity index (χ4n) is 4.55. The normalized spacial score (nSPS) is 23.2. The minimum absolute atomic E-state index is 0.00730. The van der Waals surface area contributed by atoms with Crippen molar-refractivity contribution in [3.05, 3.63) is 75.3 Å². The smallest absolute Gasteiger partial charge is 0.341 e. The first-order valence-electron chi connectivity index (χ1n) is 11.1. The van der Waals surface area contributed by atoms with E-state index in [1.165, 1.54) is 11.1 Å². The second-order valence-corrected chi connectivity index (χ2v) is 10.1. The van der Waals surface area contributed by atoms with Crippen LogP contribution < -0.4 is 4.74 Å². The average molecular weight is 501 g/mol. The molecule has 172 valence electrons. The predicted molar refractivity (Wildman–Crippen MR) is 131 cm³/mol. The lowest BCUT2D eigenvalue weighted by atomic mass is 9.75. The molecular weight excluding hydrogens is 468 g/mol. The highest BCUT2D eigenvalue weighted by Crippen LogP contribution is 2.49. The van der Waals surface area contributed by atoms with Gasteiger partial charge in [-0.15, -0.1) is 0 Å². The van der Waals surface area contributed by atoms with Crippen molar-refractivity contribution in [2.75, 3.05) is 6.61 Å². The summed E-state index contributed by atoms with van der Waals surface area (Å²) in [5.74, 6) is 0.358. The molecule has 3 rings (SSSR count). The van der Waals surface area contributed by atoms with Crippen LogP contribution in [0.15, 0.2) is 53.0 Å². The number of carboxylic acids is 1. The first-order valence-corrected chi connectivity index (χ1v) is 11.9. The molecule has 5 heteroatoms. The van der Waals surface area contributed by atoms with Crippen molar-refractivity contribution in [2.24, 2.45) is 5.92 Å². The highest BCUT2D eigenvalue weighted by atomic mass is 79.9. The summed E-state index contributed by atoms with van der Waals surface area (Å²) in [6, 6.07) is 12.8. The molecule has 1 saturated heterocycles. The molecule has 1 aliphatic heterocycles. The van der Waals surface area contributed by atoms with Gasteiger partial charge in [-0.25, -0.2) is 4.79 Å². The van der Waals surface area contributed by atoms with Gasteiger partial charge in [-0.1, -0.05) is 50.3 Å². The van der Waals surface area contributed by atoms with Crippen LogP contribution >= 0.6 is 15.9 Å². The molecule has 0 aromatic heterocycles. The van der Waals surface area contributed by atoms with Crippen molar-refractivity contribution in [1.29, 1.82) is 0 Å². The zero-order chi connectivity index (χ0) is 23.6. The molecular formula is C27H33BrO4. The Labute approximate surface area is 199 Å². The zero-order valence-corrected chi connectivity index (χ0v) is 21.1. The Kier molecular flexibility index (Phi) is 7.84. The van der Waals surface area contributed by atoms with Crippen molar-refractivity contribution in [3.8, 4) is 5.75 Å². The molecule has 4 nitrogen and oxygen atoms in total. The summed E-state index contributed by atoms with van der Waals surface area (Å²) in [7, 11) is 0. The summed E-state index contributed by atoms with van der Waals surface area (Å²) < 4.78 is 13.1. The summed E-state index contributed by atoms with van der Waals surface area (Å²) in [6.45, 7) is 14.4. The summed E-state index contributed by atoms with van der Waals surface area (Å²) in [5.41, 5.74) is 5.58. The maximum absolute atomic E-state index is 11.1. The van der Waals surface area contributed by atoms with E-state index in [2.05, 4.69) is 67.5 Å². The number of hydrogen-bond acceptors (Lipinski definition) is 3. The van der Waals surface area contributed by atoms with Crippen molar-refractivity contribution in [2.45, 2.75) is 65.1 Å². The van der Waals surface area contributed by atoms with E-state index in [9.17, 15) is 4.79 Å². The van der Waals surface area contributed by atoms with Crippen LogP contribution in [-0.4, -0.2) is 23.8 Å². The Morgan fingerprint density at radius 2 is 1.94 bits per heavy atom. The molecule has 0 aliphatic carbocycles. The number of aryl methyl sites for hydroxylation is 1. The SMILES string of the molecule is C=C(C)[C@H]1C[C@H](c2ccc(C(C)C)cc2)[C@H](C)O[C@@H]1c1cc(C)cc(Br)c1OCC(=O)O. The van der Waals surface area contributed by atoms with Crippen LogP contribution in [-0.2, 0) is 9.53 Å². The first-order chi connectivity index (χ1) is 15.1. The van der Waals surface area contributed by atoms with Gasteiger partial charge in [0.1, 0.15) is 5.75 Å². The fraction of sp³-hybridized carbons (Fsp3) is 0.444. The molecule has 1 N–H and O–H groups in total. The molecule has 1 heterocycles. The molecule has 2 aromatic carbocycles. The van der Waals surface area contributed by atoms with Crippen molar-refractivity contribution < 1.29 is 19.4 Å². The molecule has 0 unspecified atom stereocenters. The Balaban J connectivity index is 1.96. The first kappa shape index (κ1) is 24.5. The highest BCUT2D eigenvalue weighted by Gasteiger charge is 2.39. The molecule has 1 aliphatic rings. The van der Waals surface area contributed by atoms with Crippen LogP contribution in [0.3, 0.4) is 0 Å². The van der Waals surface area contributed by atoms with Crippen molar-refractivity contribution in [3.63, 3.8) is 0 Å². The van der Waals surface area contributed by atoms with Gasteiger partial charge in [0.2, 0.25) is 0 Å². The standard InChI is InChI=1S/C27H33BrO4/c1-15(2)19-7-9-20(10-8-19)22-13-21(16(3)4)26(32-18(22)6)23-11-17(5)12-24(28)27(23)31-14-25(29)30/h7-12,15,18,21-22,26H,3,13-14H2,1-2,4-6H3,(H,29,30)/t18-,21+,22-,26-/m0/s1. The lowest BCUT2D eigenvalue weighted by molar-refractivity contribution is -0.139. The fourth-order valence-corrected chi connectivity index (χ4v) is 5.25. The van der Waals surface area contributed by atoms with Gasteiger partial charge in [-0.05, 0) is 77.9 Å². The summed E-state index contributed by atoms with van der Waals surface area (Å²) in [4.78, 5) is 11.1. The molecule has 0 saturated carbocycles. The molecule has 0 bridgehead atoms. The van der Waals surface area contributed by atoms with Crippen LogP contribution in [0.25, 0.3) is 0 Å². The van der Waals surface area contributed by atoms with E-state index in [1.54, 1.807) is 0 Å². The number of ether oxygens (including phenoxy) is 2. The minimum atomic E-state index is -1.01. The molecule has 1 fully saturated rings. The second-order valence-electron chi connectivity index (χ2n) is 9.23. The number of carbonyl (C=O) groups is 1. The Morgan fingerprint density at radius 3 is 2.50 bits per heavy atom. The Bertz CT molecular complexity index is 980.